The van der Waals surface area contributed by atoms with E-state index < -0.39 is 0 Å². The summed E-state index contributed by atoms with van der Waals surface area (Å²) >= 11 is 5.82. The third kappa shape index (κ3) is 5.25. The van der Waals surface area contributed by atoms with Crippen molar-refractivity contribution < 1.29 is 13.9 Å². The largest absolute Gasteiger partial charge is 0.491 e. The number of ether oxygens (including phenoxy) is 2. The van der Waals surface area contributed by atoms with Crippen molar-refractivity contribution in [1.29, 1.82) is 0 Å². The normalized spacial score (nSPS) is 10.4. The Bertz CT molecular complexity index is 555. The molecule has 1 N–H and O–H groups in total. The van der Waals surface area contributed by atoms with Crippen molar-refractivity contribution in [3.8, 4) is 5.75 Å². The summed E-state index contributed by atoms with van der Waals surface area (Å²) < 4.78 is 23.6. The van der Waals surface area contributed by atoms with Gasteiger partial charge >= 0.3 is 0 Å². The Hall–Kier alpha value is -1.78. The van der Waals surface area contributed by atoms with E-state index in [1.807, 2.05) is 24.3 Å². The van der Waals surface area contributed by atoms with Gasteiger partial charge in [-0.1, -0.05) is 11.6 Å². The van der Waals surface area contributed by atoms with Gasteiger partial charge in [0.05, 0.1) is 6.61 Å². The summed E-state index contributed by atoms with van der Waals surface area (Å²) in [5.41, 5.74) is 1.72. The minimum atomic E-state index is -0.332. The zero-order valence-corrected chi connectivity index (χ0v) is 12.5. The molecular weight excluding hydrogens is 293 g/mol. The molecule has 21 heavy (non-hydrogen) atoms. The molecule has 0 spiro atoms. The third-order valence-electron chi connectivity index (χ3n) is 2.83. The van der Waals surface area contributed by atoms with Crippen LogP contribution in [-0.4, -0.2) is 20.3 Å². The molecule has 0 bridgehead atoms. The minimum absolute atomic E-state index is 0.332. The van der Waals surface area contributed by atoms with Crippen LogP contribution in [0.5, 0.6) is 5.75 Å². The van der Waals surface area contributed by atoms with Gasteiger partial charge in [0.2, 0.25) is 0 Å². The van der Waals surface area contributed by atoms with Gasteiger partial charge in [-0.2, -0.15) is 0 Å². The molecule has 0 aliphatic carbocycles. The summed E-state index contributed by atoms with van der Waals surface area (Å²) in [6, 6.07) is 12.0. The number of benzene rings is 2. The number of anilines is 1. The van der Waals surface area contributed by atoms with E-state index in [-0.39, 0.29) is 5.82 Å². The van der Waals surface area contributed by atoms with Crippen molar-refractivity contribution in [3.05, 3.63) is 58.9 Å². The van der Waals surface area contributed by atoms with E-state index in [1.54, 1.807) is 13.2 Å². The Kier molecular flexibility index (Phi) is 5.84. The molecule has 2 aromatic carbocycles. The maximum Gasteiger partial charge on any atom is 0.125 e. The number of hydrogen-bond acceptors (Lipinski definition) is 3. The summed E-state index contributed by atoms with van der Waals surface area (Å²) in [5, 5.41) is 3.60. The van der Waals surface area contributed by atoms with Crippen LogP contribution in [-0.2, 0) is 11.3 Å². The quantitative estimate of drug-likeness (QED) is 0.781. The van der Waals surface area contributed by atoms with Crippen molar-refractivity contribution in [2.24, 2.45) is 0 Å². The van der Waals surface area contributed by atoms with E-state index in [9.17, 15) is 4.39 Å². The Labute approximate surface area is 128 Å². The van der Waals surface area contributed by atoms with E-state index in [0.29, 0.717) is 24.8 Å². The van der Waals surface area contributed by atoms with Gasteiger partial charge in [-0.25, -0.2) is 4.39 Å². The zero-order chi connectivity index (χ0) is 15.1. The van der Waals surface area contributed by atoms with Gasteiger partial charge in [0, 0.05) is 24.4 Å². The van der Waals surface area contributed by atoms with Crippen LogP contribution in [0, 0.1) is 5.82 Å². The summed E-state index contributed by atoms with van der Waals surface area (Å²) in [6.45, 7) is 1.58. The van der Waals surface area contributed by atoms with Gasteiger partial charge in [0.25, 0.3) is 0 Å². The maximum absolute atomic E-state index is 13.2. The molecule has 0 saturated carbocycles. The molecule has 3 nitrogen and oxygen atoms in total. The first-order valence-corrected chi connectivity index (χ1v) is 6.96. The highest BCUT2D eigenvalue weighted by Gasteiger charge is 2.00. The predicted octanol–water partition coefficient (Wildman–Crippen LogP) is 4.12. The van der Waals surface area contributed by atoms with Gasteiger partial charge in [-0.3, -0.25) is 0 Å². The number of nitrogens with one attached hydrogen (secondary N) is 1. The average Bonchev–Trinajstić information content (AvgIpc) is 2.46. The van der Waals surface area contributed by atoms with Crippen LogP contribution >= 0.6 is 11.6 Å². The first-order valence-electron chi connectivity index (χ1n) is 6.58. The molecule has 0 heterocycles. The fraction of sp³-hybridized carbons (Fsp3) is 0.250. The fourth-order valence-electron chi connectivity index (χ4n) is 1.83. The SMILES string of the molecule is COCCOc1ccc(NCc2cc(F)cc(Cl)c2)cc1. The Balaban J connectivity index is 1.88. The highest BCUT2D eigenvalue weighted by atomic mass is 35.5. The van der Waals surface area contributed by atoms with Gasteiger partial charge in [0.1, 0.15) is 18.2 Å². The first kappa shape index (κ1) is 15.6. The predicted molar refractivity (Wildman–Crippen MR) is 82.5 cm³/mol. The van der Waals surface area contributed by atoms with Crippen LogP contribution < -0.4 is 10.1 Å². The summed E-state index contributed by atoms with van der Waals surface area (Å²) in [5.74, 6) is 0.451. The highest BCUT2D eigenvalue weighted by molar-refractivity contribution is 6.30. The molecule has 0 fully saturated rings. The van der Waals surface area contributed by atoms with Crippen molar-refractivity contribution in [2.45, 2.75) is 6.54 Å². The summed E-state index contributed by atoms with van der Waals surface area (Å²) in [6.07, 6.45) is 0. The van der Waals surface area contributed by atoms with Gasteiger partial charge in [-0.15, -0.1) is 0 Å². The van der Waals surface area contributed by atoms with Crippen molar-refractivity contribution in [2.75, 3.05) is 25.6 Å². The number of rotatable bonds is 7. The highest BCUT2D eigenvalue weighted by Crippen LogP contribution is 2.18. The molecule has 0 saturated heterocycles. The molecule has 0 aromatic heterocycles. The second-order valence-corrected chi connectivity index (χ2v) is 4.93. The number of methoxy groups -OCH3 is 1. The molecule has 0 aliphatic rings. The zero-order valence-electron chi connectivity index (χ0n) is 11.7. The van der Waals surface area contributed by atoms with E-state index in [2.05, 4.69) is 5.32 Å². The third-order valence-corrected chi connectivity index (χ3v) is 3.05. The lowest BCUT2D eigenvalue weighted by Gasteiger charge is -2.09. The fourth-order valence-corrected chi connectivity index (χ4v) is 2.07. The number of hydrogen-bond donors (Lipinski definition) is 1. The lowest BCUT2D eigenvalue weighted by molar-refractivity contribution is 0.146. The van der Waals surface area contributed by atoms with Crippen molar-refractivity contribution in [1.82, 2.24) is 0 Å². The molecule has 0 unspecified atom stereocenters. The molecule has 5 heteroatoms. The maximum atomic E-state index is 13.2. The molecule has 2 aromatic rings. The van der Waals surface area contributed by atoms with Gasteiger partial charge < -0.3 is 14.8 Å². The van der Waals surface area contributed by atoms with Gasteiger partial charge in [-0.05, 0) is 48.0 Å². The van der Waals surface area contributed by atoms with Crippen LogP contribution in [0.15, 0.2) is 42.5 Å². The Morgan fingerprint density at radius 3 is 2.52 bits per heavy atom. The minimum Gasteiger partial charge on any atom is -0.491 e. The second-order valence-electron chi connectivity index (χ2n) is 4.50. The van der Waals surface area contributed by atoms with Crippen LogP contribution in [0.25, 0.3) is 0 Å². The van der Waals surface area contributed by atoms with Crippen molar-refractivity contribution in [3.63, 3.8) is 0 Å². The standard InChI is InChI=1S/C16H17ClFNO2/c1-20-6-7-21-16-4-2-15(3-5-16)19-11-12-8-13(17)10-14(18)9-12/h2-5,8-10,19H,6-7,11H2,1H3. The molecule has 0 atom stereocenters. The summed E-state index contributed by atoms with van der Waals surface area (Å²) in [4.78, 5) is 0. The summed E-state index contributed by atoms with van der Waals surface area (Å²) in [7, 11) is 1.63. The lowest BCUT2D eigenvalue weighted by Crippen LogP contribution is -2.04. The van der Waals surface area contributed by atoms with Crippen LogP contribution in [0.3, 0.4) is 0 Å². The molecule has 0 amide bonds. The van der Waals surface area contributed by atoms with E-state index in [4.69, 9.17) is 21.1 Å². The topological polar surface area (TPSA) is 30.5 Å². The second kappa shape index (κ2) is 7.86. The van der Waals surface area contributed by atoms with Crippen LogP contribution in [0.1, 0.15) is 5.56 Å². The van der Waals surface area contributed by atoms with E-state index in [0.717, 1.165) is 17.0 Å². The van der Waals surface area contributed by atoms with Crippen LogP contribution in [0.4, 0.5) is 10.1 Å². The molecule has 112 valence electrons. The lowest BCUT2D eigenvalue weighted by atomic mass is 10.2. The van der Waals surface area contributed by atoms with Gasteiger partial charge in [0.15, 0.2) is 0 Å². The van der Waals surface area contributed by atoms with E-state index >= 15 is 0 Å². The average molecular weight is 310 g/mol. The smallest absolute Gasteiger partial charge is 0.125 e. The first-order chi connectivity index (χ1) is 10.2. The molecule has 0 radical (unpaired) electrons. The van der Waals surface area contributed by atoms with E-state index in [1.165, 1.54) is 12.1 Å². The monoisotopic (exact) mass is 309 g/mol. The Morgan fingerprint density at radius 2 is 1.86 bits per heavy atom. The van der Waals surface area contributed by atoms with Crippen molar-refractivity contribution >= 4 is 17.3 Å². The Morgan fingerprint density at radius 1 is 1.10 bits per heavy atom. The molecular formula is C16H17ClFNO2. The number of halogens is 2. The molecule has 0 aliphatic heterocycles. The molecule has 2 rings (SSSR count). The van der Waals surface area contributed by atoms with Crippen LogP contribution in [0.2, 0.25) is 5.02 Å².